The van der Waals surface area contributed by atoms with E-state index in [0.29, 0.717) is 0 Å². The average Bonchev–Trinajstić information content (AvgIpc) is 2.25. The molecule has 16 heavy (non-hydrogen) atoms. The largest absolute Gasteiger partial charge is 0.314 e. The van der Waals surface area contributed by atoms with E-state index in [9.17, 15) is 0 Å². The smallest absolute Gasteiger partial charge is 0.0121 e. The number of nitrogens with one attached hydrogen (secondary N) is 1. The molecule has 1 N–H and O–H groups in total. The van der Waals surface area contributed by atoms with Crippen molar-refractivity contribution < 1.29 is 0 Å². The lowest BCUT2D eigenvalue weighted by molar-refractivity contribution is 0.226. The molecule has 1 aliphatic rings. The predicted octanol–water partition coefficient (Wildman–Crippen LogP) is 4.37. The van der Waals surface area contributed by atoms with Gasteiger partial charge in [-0.1, -0.05) is 59.3 Å². The Balaban J connectivity index is 2.51. The van der Waals surface area contributed by atoms with Crippen molar-refractivity contribution in [1.82, 2.24) is 5.32 Å². The molecular weight excluding hydrogens is 194 g/mol. The van der Waals surface area contributed by atoms with E-state index in [1.165, 1.54) is 51.4 Å². The predicted molar refractivity (Wildman–Crippen MR) is 72.7 cm³/mol. The SMILES string of the molecule is CCNC(C(C)CC)C1CCCCCCC1. The van der Waals surface area contributed by atoms with Crippen molar-refractivity contribution in [3.63, 3.8) is 0 Å². The van der Waals surface area contributed by atoms with Gasteiger partial charge in [0.1, 0.15) is 0 Å². The Kier molecular flexibility index (Phi) is 7.11. The summed E-state index contributed by atoms with van der Waals surface area (Å²) in [5, 5.41) is 3.75. The first-order valence-electron chi connectivity index (χ1n) is 7.53. The van der Waals surface area contributed by atoms with Crippen LogP contribution in [0.15, 0.2) is 0 Å². The second-order valence-electron chi connectivity index (χ2n) is 5.57. The van der Waals surface area contributed by atoms with E-state index in [4.69, 9.17) is 0 Å². The monoisotopic (exact) mass is 225 g/mol. The lowest BCUT2D eigenvalue weighted by Gasteiger charge is -2.33. The molecule has 2 unspecified atom stereocenters. The zero-order chi connectivity index (χ0) is 11.8. The molecule has 2 atom stereocenters. The minimum absolute atomic E-state index is 0.771. The van der Waals surface area contributed by atoms with Crippen molar-refractivity contribution in [3.05, 3.63) is 0 Å². The molecule has 0 saturated heterocycles. The van der Waals surface area contributed by atoms with Gasteiger partial charge < -0.3 is 5.32 Å². The summed E-state index contributed by atoms with van der Waals surface area (Å²) in [7, 11) is 0. The molecule has 1 rings (SSSR count). The number of hydrogen-bond donors (Lipinski definition) is 1. The Hall–Kier alpha value is -0.0400. The summed E-state index contributed by atoms with van der Waals surface area (Å²) in [5.74, 6) is 1.78. The molecule has 1 aliphatic carbocycles. The standard InChI is InChI=1S/C15H31N/c1-4-13(3)15(16-5-2)14-11-9-7-6-8-10-12-14/h13-16H,4-12H2,1-3H3. The van der Waals surface area contributed by atoms with E-state index in [2.05, 4.69) is 26.1 Å². The second kappa shape index (κ2) is 8.11. The molecule has 0 aromatic heterocycles. The zero-order valence-electron chi connectivity index (χ0n) is 11.6. The highest BCUT2D eigenvalue weighted by Crippen LogP contribution is 2.28. The van der Waals surface area contributed by atoms with E-state index in [1.807, 2.05) is 0 Å². The normalized spacial score (nSPS) is 23.4. The lowest BCUT2D eigenvalue weighted by Crippen LogP contribution is -2.41. The summed E-state index contributed by atoms with van der Waals surface area (Å²) in [6.45, 7) is 8.13. The molecular formula is C15H31N. The van der Waals surface area contributed by atoms with Crippen LogP contribution in [-0.4, -0.2) is 12.6 Å². The van der Waals surface area contributed by atoms with E-state index < -0.39 is 0 Å². The van der Waals surface area contributed by atoms with Gasteiger partial charge in [0.2, 0.25) is 0 Å². The van der Waals surface area contributed by atoms with Crippen LogP contribution in [0.2, 0.25) is 0 Å². The summed E-state index contributed by atoms with van der Waals surface area (Å²) in [5.41, 5.74) is 0. The van der Waals surface area contributed by atoms with Gasteiger partial charge in [0.05, 0.1) is 0 Å². The molecule has 1 fully saturated rings. The maximum Gasteiger partial charge on any atom is 0.0121 e. The van der Waals surface area contributed by atoms with Gasteiger partial charge in [-0.3, -0.25) is 0 Å². The van der Waals surface area contributed by atoms with Crippen LogP contribution in [0.4, 0.5) is 0 Å². The van der Waals surface area contributed by atoms with Crippen LogP contribution >= 0.6 is 0 Å². The molecule has 0 aromatic rings. The average molecular weight is 225 g/mol. The van der Waals surface area contributed by atoms with Crippen LogP contribution in [0.25, 0.3) is 0 Å². The third-order valence-electron chi connectivity index (χ3n) is 4.35. The van der Waals surface area contributed by atoms with Gasteiger partial charge in [0.15, 0.2) is 0 Å². The molecule has 0 aromatic carbocycles. The van der Waals surface area contributed by atoms with Crippen LogP contribution in [0.3, 0.4) is 0 Å². The molecule has 0 spiro atoms. The molecule has 0 aliphatic heterocycles. The summed E-state index contributed by atoms with van der Waals surface area (Å²) >= 11 is 0. The van der Waals surface area contributed by atoms with Crippen LogP contribution in [0, 0.1) is 11.8 Å². The van der Waals surface area contributed by atoms with Gasteiger partial charge in [0.25, 0.3) is 0 Å². The first-order chi connectivity index (χ1) is 7.79. The van der Waals surface area contributed by atoms with Gasteiger partial charge in [-0.25, -0.2) is 0 Å². The van der Waals surface area contributed by atoms with Crippen LogP contribution in [-0.2, 0) is 0 Å². The highest BCUT2D eigenvalue weighted by Gasteiger charge is 2.25. The van der Waals surface area contributed by atoms with Crippen molar-refractivity contribution in [1.29, 1.82) is 0 Å². The molecule has 96 valence electrons. The molecule has 0 heterocycles. The minimum Gasteiger partial charge on any atom is -0.314 e. The molecule has 0 bridgehead atoms. The third kappa shape index (κ3) is 4.45. The molecule has 1 nitrogen and oxygen atoms in total. The van der Waals surface area contributed by atoms with Gasteiger partial charge >= 0.3 is 0 Å². The number of rotatable bonds is 5. The maximum absolute atomic E-state index is 3.75. The zero-order valence-corrected chi connectivity index (χ0v) is 11.6. The highest BCUT2D eigenvalue weighted by molar-refractivity contribution is 4.81. The first-order valence-corrected chi connectivity index (χ1v) is 7.53. The van der Waals surface area contributed by atoms with Gasteiger partial charge in [-0.15, -0.1) is 0 Å². The number of hydrogen-bond acceptors (Lipinski definition) is 1. The van der Waals surface area contributed by atoms with Gasteiger partial charge in [0, 0.05) is 6.04 Å². The summed E-state index contributed by atoms with van der Waals surface area (Å²) in [6.07, 6.45) is 11.6. The Morgan fingerprint density at radius 3 is 2.06 bits per heavy atom. The van der Waals surface area contributed by atoms with Crippen molar-refractivity contribution in [2.24, 2.45) is 11.8 Å². The minimum atomic E-state index is 0.771. The highest BCUT2D eigenvalue weighted by atomic mass is 14.9. The molecule has 0 radical (unpaired) electrons. The van der Waals surface area contributed by atoms with E-state index in [0.717, 1.165) is 24.4 Å². The Labute approximate surface area is 102 Å². The topological polar surface area (TPSA) is 12.0 Å². The maximum atomic E-state index is 3.75. The van der Waals surface area contributed by atoms with Gasteiger partial charge in [-0.2, -0.15) is 0 Å². The van der Waals surface area contributed by atoms with Crippen molar-refractivity contribution in [2.45, 2.75) is 78.2 Å². The Morgan fingerprint density at radius 2 is 1.56 bits per heavy atom. The second-order valence-corrected chi connectivity index (χ2v) is 5.57. The quantitative estimate of drug-likeness (QED) is 0.732. The lowest BCUT2D eigenvalue weighted by atomic mass is 9.80. The third-order valence-corrected chi connectivity index (χ3v) is 4.35. The van der Waals surface area contributed by atoms with Crippen molar-refractivity contribution in [2.75, 3.05) is 6.54 Å². The fraction of sp³-hybridized carbons (Fsp3) is 1.00. The fourth-order valence-corrected chi connectivity index (χ4v) is 3.17. The Morgan fingerprint density at radius 1 is 1.00 bits per heavy atom. The van der Waals surface area contributed by atoms with Crippen molar-refractivity contribution >= 4 is 0 Å². The molecule has 1 saturated carbocycles. The Bertz CT molecular complexity index is 159. The van der Waals surface area contributed by atoms with Crippen molar-refractivity contribution in [3.8, 4) is 0 Å². The molecule has 1 heteroatoms. The summed E-state index contributed by atoms with van der Waals surface area (Å²) in [6, 6.07) is 0.771. The van der Waals surface area contributed by atoms with E-state index >= 15 is 0 Å². The summed E-state index contributed by atoms with van der Waals surface area (Å²) in [4.78, 5) is 0. The van der Waals surface area contributed by atoms with Crippen LogP contribution in [0.5, 0.6) is 0 Å². The van der Waals surface area contributed by atoms with E-state index in [1.54, 1.807) is 0 Å². The van der Waals surface area contributed by atoms with Crippen LogP contribution in [0.1, 0.15) is 72.1 Å². The van der Waals surface area contributed by atoms with Crippen LogP contribution < -0.4 is 5.32 Å². The van der Waals surface area contributed by atoms with Gasteiger partial charge in [-0.05, 0) is 31.2 Å². The molecule has 0 amide bonds. The van der Waals surface area contributed by atoms with E-state index in [-0.39, 0.29) is 0 Å². The first kappa shape index (κ1) is 14.0. The summed E-state index contributed by atoms with van der Waals surface area (Å²) < 4.78 is 0. The fourth-order valence-electron chi connectivity index (χ4n) is 3.17.